The first-order valence-corrected chi connectivity index (χ1v) is 7.21. The molecule has 1 aliphatic rings. The SMILES string of the molecule is O=C(Cc1ccc2cc[nH]c2c1)N1CCC(CO)CC1. The van der Waals surface area contributed by atoms with E-state index in [0.29, 0.717) is 12.3 Å². The highest BCUT2D eigenvalue weighted by Gasteiger charge is 2.22. The molecule has 0 aliphatic carbocycles. The fourth-order valence-electron chi connectivity index (χ4n) is 2.86. The second kappa shape index (κ2) is 5.67. The molecule has 20 heavy (non-hydrogen) atoms. The molecule has 1 aromatic carbocycles. The Hall–Kier alpha value is -1.81. The van der Waals surface area contributed by atoms with Gasteiger partial charge in [-0.05, 0) is 41.8 Å². The van der Waals surface area contributed by atoms with Crippen LogP contribution in [0.15, 0.2) is 30.5 Å². The van der Waals surface area contributed by atoms with Gasteiger partial charge in [0.1, 0.15) is 0 Å². The predicted molar refractivity (Wildman–Crippen MR) is 78.4 cm³/mol. The smallest absolute Gasteiger partial charge is 0.226 e. The summed E-state index contributed by atoms with van der Waals surface area (Å²) in [6, 6.07) is 8.15. The van der Waals surface area contributed by atoms with E-state index in [-0.39, 0.29) is 12.5 Å². The van der Waals surface area contributed by atoms with Crippen LogP contribution in [0.1, 0.15) is 18.4 Å². The summed E-state index contributed by atoms with van der Waals surface area (Å²) in [4.78, 5) is 17.4. The van der Waals surface area contributed by atoms with E-state index in [1.54, 1.807) is 0 Å². The summed E-state index contributed by atoms with van der Waals surface area (Å²) < 4.78 is 0. The number of aliphatic hydroxyl groups is 1. The minimum atomic E-state index is 0.187. The van der Waals surface area contributed by atoms with Gasteiger partial charge in [0.25, 0.3) is 0 Å². The van der Waals surface area contributed by atoms with E-state index in [9.17, 15) is 4.79 Å². The molecule has 106 valence electrons. The van der Waals surface area contributed by atoms with Crippen molar-refractivity contribution >= 4 is 16.8 Å². The van der Waals surface area contributed by atoms with Crippen LogP contribution in [-0.4, -0.2) is 40.6 Å². The van der Waals surface area contributed by atoms with Gasteiger partial charge in [-0.15, -0.1) is 0 Å². The minimum absolute atomic E-state index is 0.187. The number of aromatic amines is 1. The Morgan fingerprint density at radius 2 is 2.10 bits per heavy atom. The average Bonchev–Trinajstić information content (AvgIpc) is 2.95. The number of piperidine rings is 1. The first-order valence-electron chi connectivity index (χ1n) is 7.21. The number of likely N-dealkylation sites (tertiary alicyclic amines) is 1. The largest absolute Gasteiger partial charge is 0.396 e. The maximum Gasteiger partial charge on any atom is 0.226 e. The van der Waals surface area contributed by atoms with Crippen LogP contribution in [0.3, 0.4) is 0 Å². The number of aromatic nitrogens is 1. The van der Waals surface area contributed by atoms with E-state index in [2.05, 4.69) is 4.98 Å². The van der Waals surface area contributed by atoms with Gasteiger partial charge in [0.05, 0.1) is 6.42 Å². The molecule has 1 amide bonds. The third-order valence-electron chi connectivity index (χ3n) is 4.20. The molecule has 3 rings (SSSR count). The summed E-state index contributed by atoms with van der Waals surface area (Å²) in [6.07, 6.45) is 4.20. The van der Waals surface area contributed by atoms with Gasteiger partial charge in [0.2, 0.25) is 5.91 Å². The predicted octanol–water partition coefficient (Wildman–Crippen LogP) is 1.94. The van der Waals surface area contributed by atoms with E-state index < -0.39 is 0 Å². The molecular weight excluding hydrogens is 252 g/mol. The molecule has 2 heterocycles. The lowest BCUT2D eigenvalue weighted by Gasteiger charge is -2.31. The number of amides is 1. The number of nitrogens with zero attached hydrogens (tertiary/aromatic N) is 1. The van der Waals surface area contributed by atoms with Crippen molar-refractivity contribution in [3.8, 4) is 0 Å². The van der Waals surface area contributed by atoms with Gasteiger partial charge in [-0.3, -0.25) is 4.79 Å². The Morgan fingerprint density at radius 1 is 1.30 bits per heavy atom. The molecular formula is C16H20N2O2. The lowest BCUT2D eigenvalue weighted by Crippen LogP contribution is -2.40. The van der Waals surface area contributed by atoms with Crippen LogP contribution in [0.2, 0.25) is 0 Å². The molecule has 0 bridgehead atoms. The number of hydrogen-bond donors (Lipinski definition) is 2. The lowest BCUT2D eigenvalue weighted by atomic mass is 9.97. The normalized spacial score (nSPS) is 16.8. The monoisotopic (exact) mass is 272 g/mol. The minimum Gasteiger partial charge on any atom is -0.396 e. The van der Waals surface area contributed by atoms with Crippen LogP contribution < -0.4 is 0 Å². The molecule has 0 unspecified atom stereocenters. The van der Waals surface area contributed by atoms with Crippen molar-refractivity contribution < 1.29 is 9.90 Å². The molecule has 0 spiro atoms. The first-order chi connectivity index (χ1) is 9.76. The molecule has 2 aromatic rings. The number of H-pyrrole nitrogens is 1. The Morgan fingerprint density at radius 3 is 2.85 bits per heavy atom. The van der Waals surface area contributed by atoms with Gasteiger partial charge in [-0.1, -0.05) is 12.1 Å². The highest BCUT2D eigenvalue weighted by Crippen LogP contribution is 2.19. The zero-order valence-electron chi connectivity index (χ0n) is 11.5. The second-order valence-corrected chi connectivity index (χ2v) is 5.58. The molecule has 2 N–H and O–H groups in total. The molecule has 1 aliphatic heterocycles. The van der Waals surface area contributed by atoms with Gasteiger partial charge in [0.15, 0.2) is 0 Å². The second-order valence-electron chi connectivity index (χ2n) is 5.58. The third-order valence-corrected chi connectivity index (χ3v) is 4.20. The standard InChI is InChI=1S/C16H20N2O2/c19-11-12-4-7-18(8-5-12)16(20)10-13-1-2-14-3-6-17-15(14)9-13/h1-3,6,9,12,17,19H,4-5,7-8,10-11H2. The number of hydrogen-bond acceptors (Lipinski definition) is 2. The fraction of sp³-hybridized carbons (Fsp3) is 0.438. The molecule has 1 fully saturated rings. The van der Waals surface area contributed by atoms with Crippen LogP contribution in [0, 0.1) is 5.92 Å². The molecule has 0 saturated carbocycles. The topological polar surface area (TPSA) is 56.3 Å². The van der Waals surface area contributed by atoms with Crippen molar-refractivity contribution in [3.05, 3.63) is 36.0 Å². The highest BCUT2D eigenvalue weighted by molar-refractivity contribution is 5.83. The zero-order valence-corrected chi connectivity index (χ0v) is 11.5. The number of carbonyl (C=O) groups excluding carboxylic acids is 1. The van der Waals surface area contributed by atoms with Crippen molar-refractivity contribution in [2.75, 3.05) is 19.7 Å². The highest BCUT2D eigenvalue weighted by atomic mass is 16.3. The average molecular weight is 272 g/mol. The van der Waals surface area contributed by atoms with Crippen LogP contribution in [0.5, 0.6) is 0 Å². The van der Waals surface area contributed by atoms with Crippen molar-refractivity contribution in [2.24, 2.45) is 5.92 Å². The summed E-state index contributed by atoms with van der Waals surface area (Å²) in [7, 11) is 0. The van der Waals surface area contributed by atoms with Crippen molar-refractivity contribution in [1.29, 1.82) is 0 Å². The van der Waals surface area contributed by atoms with Crippen molar-refractivity contribution in [2.45, 2.75) is 19.3 Å². The lowest BCUT2D eigenvalue weighted by molar-refractivity contribution is -0.132. The summed E-state index contributed by atoms with van der Waals surface area (Å²) in [5, 5.41) is 10.3. The number of benzene rings is 1. The molecule has 1 saturated heterocycles. The van der Waals surface area contributed by atoms with E-state index in [4.69, 9.17) is 5.11 Å². The van der Waals surface area contributed by atoms with Gasteiger partial charge in [-0.25, -0.2) is 0 Å². The van der Waals surface area contributed by atoms with Gasteiger partial charge < -0.3 is 15.0 Å². The van der Waals surface area contributed by atoms with Gasteiger partial charge >= 0.3 is 0 Å². The Labute approximate surface area is 118 Å². The first kappa shape index (κ1) is 13.2. The number of aliphatic hydroxyl groups excluding tert-OH is 1. The van der Waals surface area contributed by atoms with Crippen LogP contribution >= 0.6 is 0 Å². The van der Waals surface area contributed by atoms with Crippen LogP contribution in [-0.2, 0) is 11.2 Å². The Bertz CT molecular complexity index is 597. The number of fused-ring (bicyclic) bond motifs is 1. The molecule has 4 heteroatoms. The van der Waals surface area contributed by atoms with E-state index in [0.717, 1.165) is 37.0 Å². The molecule has 0 radical (unpaired) electrons. The molecule has 0 atom stereocenters. The van der Waals surface area contributed by atoms with Gasteiger partial charge in [-0.2, -0.15) is 0 Å². The number of rotatable bonds is 3. The van der Waals surface area contributed by atoms with Crippen molar-refractivity contribution in [1.82, 2.24) is 9.88 Å². The number of nitrogens with one attached hydrogen (secondary N) is 1. The Balaban J connectivity index is 1.63. The van der Waals surface area contributed by atoms with Gasteiger partial charge in [0, 0.05) is 31.4 Å². The quantitative estimate of drug-likeness (QED) is 0.897. The summed E-state index contributed by atoms with van der Waals surface area (Å²) in [5.41, 5.74) is 2.13. The summed E-state index contributed by atoms with van der Waals surface area (Å²) in [5.74, 6) is 0.557. The maximum absolute atomic E-state index is 12.3. The van der Waals surface area contributed by atoms with E-state index >= 15 is 0 Å². The third kappa shape index (κ3) is 2.70. The van der Waals surface area contributed by atoms with Crippen LogP contribution in [0.4, 0.5) is 0 Å². The van der Waals surface area contributed by atoms with E-state index in [1.165, 1.54) is 5.39 Å². The van der Waals surface area contributed by atoms with Crippen molar-refractivity contribution in [3.63, 3.8) is 0 Å². The summed E-state index contributed by atoms with van der Waals surface area (Å²) in [6.45, 7) is 1.79. The summed E-state index contributed by atoms with van der Waals surface area (Å²) >= 11 is 0. The molecule has 1 aromatic heterocycles. The molecule has 4 nitrogen and oxygen atoms in total. The van der Waals surface area contributed by atoms with E-state index in [1.807, 2.05) is 35.4 Å². The number of carbonyl (C=O) groups is 1. The fourth-order valence-corrected chi connectivity index (χ4v) is 2.86. The maximum atomic E-state index is 12.3. The Kier molecular flexibility index (Phi) is 3.74. The zero-order chi connectivity index (χ0) is 13.9. The van der Waals surface area contributed by atoms with Crippen LogP contribution in [0.25, 0.3) is 10.9 Å².